The molecule has 1 aromatic carbocycles. The van der Waals surface area contributed by atoms with Crippen molar-refractivity contribution in [1.82, 2.24) is 5.32 Å². The summed E-state index contributed by atoms with van der Waals surface area (Å²) in [4.78, 5) is 21.6. The maximum Gasteiger partial charge on any atom is 0.310 e. The van der Waals surface area contributed by atoms with Gasteiger partial charge >= 0.3 is 5.97 Å². The lowest BCUT2D eigenvalue weighted by atomic mass is 9.82. The minimum Gasteiger partial charge on any atom is -0.481 e. The van der Waals surface area contributed by atoms with Crippen molar-refractivity contribution in [3.63, 3.8) is 0 Å². The fourth-order valence-corrected chi connectivity index (χ4v) is 2.32. The molecule has 0 aliphatic heterocycles. The number of rotatable bonds is 8. The average Bonchev–Trinajstić information content (AvgIpc) is 2.45. The van der Waals surface area contributed by atoms with Gasteiger partial charge in [0.2, 0.25) is 0 Å². The second kappa shape index (κ2) is 7.38. The Hall–Kier alpha value is -1.66. The summed E-state index contributed by atoms with van der Waals surface area (Å²) in [7, 11) is 0. The molecule has 0 bridgehead atoms. The number of hydrogen-bond acceptors (Lipinski definition) is 4. The van der Waals surface area contributed by atoms with Crippen LogP contribution in [0.5, 0.6) is 0 Å². The average molecular weight is 315 g/mol. The SMILES string of the molecule is CCC(CC)(CNCc1ccc(Cl)c([N+](=O)[O-])c1)C(=O)O. The van der Waals surface area contributed by atoms with Crippen LogP contribution in [0, 0.1) is 15.5 Å². The third kappa shape index (κ3) is 4.15. The van der Waals surface area contributed by atoms with Crippen molar-refractivity contribution in [2.45, 2.75) is 33.2 Å². The van der Waals surface area contributed by atoms with Gasteiger partial charge in [-0.05, 0) is 24.5 Å². The predicted octanol–water partition coefficient (Wildman–Crippen LogP) is 3.23. The van der Waals surface area contributed by atoms with Gasteiger partial charge in [0.15, 0.2) is 0 Å². The first kappa shape index (κ1) is 17.4. The zero-order valence-electron chi connectivity index (χ0n) is 12.1. The number of nitrogens with one attached hydrogen (secondary N) is 1. The number of nitro groups is 1. The summed E-state index contributed by atoms with van der Waals surface area (Å²) in [6, 6.07) is 4.55. The number of nitrogens with zero attached hydrogens (tertiary/aromatic N) is 1. The van der Waals surface area contributed by atoms with Gasteiger partial charge < -0.3 is 10.4 Å². The van der Waals surface area contributed by atoms with Gasteiger partial charge in [0, 0.05) is 19.2 Å². The van der Waals surface area contributed by atoms with Crippen molar-refractivity contribution in [3.8, 4) is 0 Å². The van der Waals surface area contributed by atoms with Crippen LogP contribution in [0.15, 0.2) is 18.2 Å². The minimum absolute atomic E-state index is 0.0887. The summed E-state index contributed by atoms with van der Waals surface area (Å²) in [5, 5.41) is 23.3. The molecule has 116 valence electrons. The van der Waals surface area contributed by atoms with Gasteiger partial charge in [-0.2, -0.15) is 0 Å². The Kier molecular flexibility index (Phi) is 6.11. The van der Waals surface area contributed by atoms with E-state index in [0.29, 0.717) is 31.5 Å². The lowest BCUT2D eigenvalue weighted by Gasteiger charge is -2.27. The summed E-state index contributed by atoms with van der Waals surface area (Å²) in [6.07, 6.45) is 1.04. The smallest absolute Gasteiger partial charge is 0.310 e. The Morgan fingerprint density at radius 3 is 2.52 bits per heavy atom. The van der Waals surface area contributed by atoms with E-state index < -0.39 is 16.3 Å². The van der Waals surface area contributed by atoms with Crippen LogP contribution in [0.3, 0.4) is 0 Å². The van der Waals surface area contributed by atoms with E-state index in [1.165, 1.54) is 12.1 Å². The molecular formula is C14H19ClN2O4. The summed E-state index contributed by atoms with van der Waals surface area (Å²) in [5.74, 6) is -0.831. The topological polar surface area (TPSA) is 92.5 Å². The van der Waals surface area contributed by atoms with Gasteiger partial charge in [-0.15, -0.1) is 0 Å². The van der Waals surface area contributed by atoms with Gasteiger partial charge in [-0.1, -0.05) is 31.5 Å². The first-order valence-electron chi connectivity index (χ1n) is 6.73. The molecule has 0 saturated heterocycles. The lowest BCUT2D eigenvalue weighted by molar-refractivity contribution is -0.384. The van der Waals surface area contributed by atoms with Crippen LogP contribution in [0.25, 0.3) is 0 Å². The molecule has 21 heavy (non-hydrogen) atoms. The first-order chi connectivity index (χ1) is 9.86. The summed E-state index contributed by atoms with van der Waals surface area (Å²) in [5.41, 5.74) is -0.262. The number of halogens is 1. The van der Waals surface area contributed by atoms with E-state index in [9.17, 15) is 20.0 Å². The maximum absolute atomic E-state index is 11.4. The van der Waals surface area contributed by atoms with Crippen molar-refractivity contribution in [1.29, 1.82) is 0 Å². The van der Waals surface area contributed by atoms with Crippen LogP contribution in [0.1, 0.15) is 32.3 Å². The van der Waals surface area contributed by atoms with Gasteiger partial charge in [0.05, 0.1) is 10.3 Å². The van der Waals surface area contributed by atoms with Crippen LogP contribution < -0.4 is 5.32 Å². The van der Waals surface area contributed by atoms with Crippen molar-refractivity contribution < 1.29 is 14.8 Å². The fourth-order valence-electron chi connectivity index (χ4n) is 2.13. The number of benzene rings is 1. The molecule has 0 aliphatic carbocycles. The highest BCUT2D eigenvalue weighted by atomic mass is 35.5. The van der Waals surface area contributed by atoms with Gasteiger partial charge in [-0.25, -0.2) is 0 Å². The first-order valence-corrected chi connectivity index (χ1v) is 7.11. The van der Waals surface area contributed by atoms with Crippen LogP contribution in [0.2, 0.25) is 5.02 Å². The van der Waals surface area contributed by atoms with Crippen LogP contribution >= 0.6 is 11.6 Å². The molecular weight excluding hydrogens is 296 g/mol. The highest BCUT2D eigenvalue weighted by Gasteiger charge is 2.34. The number of carbonyl (C=O) groups is 1. The highest BCUT2D eigenvalue weighted by molar-refractivity contribution is 6.32. The predicted molar refractivity (Wildman–Crippen MR) is 80.5 cm³/mol. The van der Waals surface area contributed by atoms with E-state index in [1.807, 2.05) is 13.8 Å². The molecule has 7 heteroatoms. The summed E-state index contributed by atoms with van der Waals surface area (Å²) < 4.78 is 0. The Balaban J connectivity index is 2.74. The molecule has 1 aromatic rings. The monoisotopic (exact) mass is 314 g/mol. The Morgan fingerprint density at radius 1 is 1.43 bits per heavy atom. The van der Waals surface area contributed by atoms with Crippen molar-refractivity contribution in [3.05, 3.63) is 38.9 Å². The normalized spacial score (nSPS) is 11.4. The third-order valence-corrected chi connectivity index (χ3v) is 4.13. The Bertz CT molecular complexity index is 530. The highest BCUT2D eigenvalue weighted by Crippen LogP contribution is 2.27. The molecule has 0 spiro atoms. The molecule has 0 atom stereocenters. The molecule has 0 aromatic heterocycles. The van der Waals surface area contributed by atoms with Crippen molar-refractivity contribution >= 4 is 23.3 Å². The molecule has 0 amide bonds. The second-order valence-corrected chi connectivity index (χ2v) is 5.35. The van der Waals surface area contributed by atoms with Gasteiger partial charge in [0.1, 0.15) is 5.02 Å². The third-order valence-electron chi connectivity index (χ3n) is 3.81. The minimum atomic E-state index is -0.831. The van der Waals surface area contributed by atoms with E-state index in [1.54, 1.807) is 6.07 Å². The number of aliphatic carboxylic acids is 1. The molecule has 0 radical (unpaired) electrons. The maximum atomic E-state index is 11.4. The number of nitro benzene ring substituents is 1. The van der Waals surface area contributed by atoms with E-state index in [2.05, 4.69) is 5.32 Å². The van der Waals surface area contributed by atoms with E-state index in [-0.39, 0.29) is 10.7 Å². The summed E-state index contributed by atoms with van der Waals surface area (Å²) >= 11 is 5.74. The van der Waals surface area contributed by atoms with Crippen LogP contribution in [-0.4, -0.2) is 22.5 Å². The van der Waals surface area contributed by atoms with Crippen LogP contribution in [-0.2, 0) is 11.3 Å². The van der Waals surface area contributed by atoms with Gasteiger partial charge in [0.25, 0.3) is 5.69 Å². The molecule has 6 nitrogen and oxygen atoms in total. The fraction of sp³-hybridized carbons (Fsp3) is 0.500. The Labute approximate surface area is 128 Å². The molecule has 2 N–H and O–H groups in total. The summed E-state index contributed by atoms with van der Waals surface area (Å²) in [6.45, 7) is 4.34. The second-order valence-electron chi connectivity index (χ2n) is 4.94. The van der Waals surface area contributed by atoms with Crippen LogP contribution in [0.4, 0.5) is 5.69 Å². The molecule has 1 rings (SSSR count). The van der Waals surface area contributed by atoms with Crippen molar-refractivity contribution in [2.24, 2.45) is 5.41 Å². The molecule has 0 unspecified atom stereocenters. The number of hydrogen-bond donors (Lipinski definition) is 2. The molecule has 0 fully saturated rings. The Morgan fingerprint density at radius 2 is 2.05 bits per heavy atom. The largest absolute Gasteiger partial charge is 0.481 e. The van der Waals surface area contributed by atoms with E-state index in [0.717, 1.165) is 0 Å². The van der Waals surface area contributed by atoms with Gasteiger partial charge in [-0.3, -0.25) is 14.9 Å². The molecule has 0 saturated carbocycles. The standard InChI is InChI=1S/C14H19ClN2O4/c1-3-14(4-2,13(18)19)9-16-8-10-5-6-11(15)12(7-10)17(20)21/h5-7,16H,3-4,8-9H2,1-2H3,(H,18,19). The zero-order chi connectivity index (χ0) is 16.0. The lowest BCUT2D eigenvalue weighted by Crippen LogP contribution is -2.40. The number of carboxylic acid groups (broad SMARTS) is 1. The number of carboxylic acids is 1. The zero-order valence-corrected chi connectivity index (χ0v) is 12.8. The molecule has 0 aliphatic rings. The molecule has 0 heterocycles. The quantitative estimate of drug-likeness (QED) is 0.567. The van der Waals surface area contributed by atoms with E-state index in [4.69, 9.17) is 11.6 Å². The van der Waals surface area contributed by atoms with Crippen molar-refractivity contribution in [2.75, 3.05) is 6.54 Å². The van der Waals surface area contributed by atoms with E-state index >= 15 is 0 Å².